The van der Waals surface area contributed by atoms with Crippen molar-refractivity contribution in [3.63, 3.8) is 0 Å². The molecule has 0 saturated heterocycles. The van der Waals surface area contributed by atoms with Crippen molar-refractivity contribution < 1.29 is 8.78 Å². The Labute approximate surface area is 240 Å². The summed E-state index contributed by atoms with van der Waals surface area (Å²) in [6, 6.07) is 16.6. The van der Waals surface area contributed by atoms with Gasteiger partial charge in [0.2, 0.25) is 5.95 Å². The molecule has 0 bridgehead atoms. The van der Waals surface area contributed by atoms with Crippen molar-refractivity contribution in [2.45, 2.75) is 20.4 Å². The highest BCUT2D eigenvalue weighted by molar-refractivity contribution is 6.31. The van der Waals surface area contributed by atoms with Gasteiger partial charge in [-0.05, 0) is 55.8 Å². The summed E-state index contributed by atoms with van der Waals surface area (Å²) in [5, 5.41) is 13.1. The number of aromatic nitrogens is 2. The third kappa shape index (κ3) is 5.57. The van der Waals surface area contributed by atoms with Crippen molar-refractivity contribution in [2.75, 3.05) is 5.32 Å². The van der Waals surface area contributed by atoms with Gasteiger partial charge in [-0.2, -0.15) is 5.10 Å². The van der Waals surface area contributed by atoms with Gasteiger partial charge in [-0.25, -0.2) is 23.8 Å². The van der Waals surface area contributed by atoms with E-state index in [-0.39, 0.29) is 17.8 Å². The fourth-order valence-electron chi connectivity index (χ4n) is 4.71. The summed E-state index contributed by atoms with van der Waals surface area (Å²) in [5.74, 6) is -1.03. The normalized spacial score (nSPS) is 14.4. The predicted octanol–water partition coefficient (Wildman–Crippen LogP) is 7.13. The minimum absolute atomic E-state index is 0.148. The lowest BCUT2D eigenvalue weighted by Gasteiger charge is -2.19. The molecule has 0 spiro atoms. The average Bonchev–Trinajstić information content (AvgIpc) is 3.09. The van der Waals surface area contributed by atoms with Gasteiger partial charge in [-0.1, -0.05) is 35.9 Å². The van der Waals surface area contributed by atoms with E-state index in [1.54, 1.807) is 35.6 Å². The van der Waals surface area contributed by atoms with Crippen LogP contribution in [0.3, 0.4) is 0 Å². The number of aliphatic imine (C=N–C) groups is 1. The maximum absolute atomic E-state index is 14.8. The third-order valence-electron chi connectivity index (χ3n) is 6.52. The zero-order valence-corrected chi connectivity index (χ0v) is 22.9. The second kappa shape index (κ2) is 10.9. The molecule has 0 aliphatic carbocycles. The molecule has 41 heavy (non-hydrogen) atoms. The Morgan fingerprint density at radius 3 is 2.44 bits per heavy atom. The van der Waals surface area contributed by atoms with E-state index in [4.69, 9.17) is 16.6 Å². The second-order valence-electron chi connectivity index (χ2n) is 9.64. The van der Waals surface area contributed by atoms with Gasteiger partial charge in [0.15, 0.2) is 0 Å². The Bertz CT molecular complexity index is 1740. The van der Waals surface area contributed by atoms with Crippen molar-refractivity contribution in [1.29, 1.82) is 0 Å². The molecular weight excluding hydrogens is 544 g/mol. The van der Waals surface area contributed by atoms with Crippen molar-refractivity contribution in [3.8, 4) is 11.3 Å². The maximum atomic E-state index is 14.8. The lowest BCUT2D eigenvalue weighted by Crippen LogP contribution is -2.19. The minimum atomic E-state index is -0.700. The molecule has 0 unspecified atom stereocenters. The van der Waals surface area contributed by atoms with Gasteiger partial charge in [-0.15, -0.1) is 0 Å². The van der Waals surface area contributed by atoms with Crippen LogP contribution in [0.2, 0.25) is 5.02 Å². The molecule has 3 heterocycles. The van der Waals surface area contributed by atoms with Crippen LogP contribution in [0.5, 0.6) is 0 Å². The highest BCUT2D eigenvalue weighted by Crippen LogP contribution is 2.34. The van der Waals surface area contributed by atoms with Crippen molar-refractivity contribution in [3.05, 3.63) is 130 Å². The first-order valence-corrected chi connectivity index (χ1v) is 13.2. The van der Waals surface area contributed by atoms with Crippen LogP contribution in [0.4, 0.5) is 20.4 Å². The molecule has 2 N–H and O–H groups in total. The topological polar surface area (TPSA) is 77.8 Å². The highest BCUT2D eigenvalue weighted by Gasteiger charge is 2.25. The van der Waals surface area contributed by atoms with Gasteiger partial charge >= 0.3 is 0 Å². The molecule has 1 aromatic heterocycles. The SMILES string of the molecule is CC1=CN(/N=C/c2ccc(Nc3ncc4c(n3)-c3ccc(Cl)cc3C(c3c(F)cccc3F)=NC4)cc2)C=C(C)N1. The van der Waals surface area contributed by atoms with Gasteiger partial charge in [0.1, 0.15) is 11.6 Å². The Morgan fingerprint density at radius 2 is 1.71 bits per heavy atom. The molecular formula is C31H24ClF2N7. The number of hydrogen-bond acceptors (Lipinski definition) is 7. The molecule has 204 valence electrons. The Morgan fingerprint density at radius 1 is 0.976 bits per heavy atom. The quantitative estimate of drug-likeness (QED) is 0.251. The number of rotatable bonds is 5. The maximum Gasteiger partial charge on any atom is 0.227 e. The molecule has 6 rings (SSSR count). The number of nitrogens with one attached hydrogen (secondary N) is 2. The lowest BCUT2D eigenvalue weighted by molar-refractivity contribution is 0.516. The van der Waals surface area contributed by atoms with E-state index in [9.17, 15) is 8.78 Å². The van der Waals surface area contributed by atoms with Crippen molar-refractivity contribution >= 4 is 35.2 Å². The fraction of sp³-hybridized carbons (Fsp3) is 0.0968. The summed E-state index contributed by atoms with van der Waals surface area (Å²) in [6.07, 6.45) is 7.26. The standard InChI is InChI=1S/C31H24ClF2N7/c1-18-16-41(17-19(2)38-18)37-13-20-6-9-23(10-7-20)39-31-36-15-21-14-35-30(28-26(33)4-3-5-27(28)34)25-12-22(32)8-11-24(25)29(21)40-31/h3-13,15-17,38H,14H2,1-2H3,(H,36,39,40)/b37-13+. The number of fused-ring (bicyclic) bond motifs is 3. The first-order chi connectivity index (χ1) is 19.8. The van der Waals surface area contributed by atoms with Crippen LogP contribution >= 0.6 is 11.6 Å². The number of anilines is 2. The largest absolute Gasteiger partial charge is 0.360 e. The molecule has 0 atom stereocenters. The van der Waals surface area contributed by atoms with Crippen LogP contribution in [0.15, 0.2) is 101 Å². The van der Waals surface area contributed by atoms with E-state index in [2.05, 4.69) is 25.7 Å². The zero-order chi connectivity index (χ0) is 28.5. The van der Waals surface area contributed by atoms with Crippen LogP contribution in [0.25, 0.3) is 11.3 Å². The van der Waals surface area contributed by atoms with Gasteiger partial charge in [0.25, 0.3) is 0 Å². The fourth-order valence-corrected chi connectivity index (χ4v) is 4.89. The van der Waals surface area contributed by atoms with E-state index >= 15 is 0 Å². The van der Waals surface area contributed by atoms with Crippen molar-refractivity contribution in [1.82, 2.24) is 20.3 Å². The first kappa shape index (κ1) is 26.3. The summed E-state index contributed by atoms with van der Waals surface area (Å²) in [5.41, 5.74) is 6.18. The van der Waals surface area contributed by atoms with Gasteiger partial charge in [-0.3, -0.25) is 4.99 Å². The average molecular weight is 568 g/mol. The number of hydrazone groups is 1. The predicted molar refractivity (Wildman–Crippen MR) is 158 cm³/mol. The van der Waals surface area contributed by atoms with Gasteiger partial charge in [0.05, 0.1) is 29.7 Å². The smallest absolute Gasteiger partial charge is 0.227 e. The Balaban J connectivity index is 1.28. The number of allylic oxidation sites excluding steroid dienone is 2. The van der Waals surface area contributed by atoms with Crippen LogP contribution in [0, 0.1) is 11.6 Å². The summed E-state index contributed by atoms with van der Waals surface area (Å²) in [7, 11) is 0. The van der Waals surface area contributed by atoms with E-state index in [0.717, 1.165) is 28.2 Å². The molecule has 0 amide bonds. The molecule has 4 aromatic rings. The molecule has 2 aliphatic heterocycles. The zero-order valence-electron chi connectivity index (χ0n) is 22.2. The minimum Gasteiger partial charge on any atom is -0.360 e. The van der Waals surface area contributed by atoms with Gasteiger partial charge in [0, 0.05) is 57.4 Å². The lowest BCUT2D eigenvalue weighted by atomic mass is 9.95. The monoisotopic (exact) mass is 567 g/mol. The third-order valence-corrected chi connectivity index (χ3v) is 6.75. The summed E-state index contributed by atoms with van der Waals surface area (Å²) >= 11 is 6.31. The summed E-state index contributed by atoms with van der Waals surface area (Å²) in [6.45, 7) is 4.11. The molecule has 0 saturated carbocycles. The molecule has 2 aliphatic rings. The molecule has 10 heteroatoms. The number of nitrogens with zero attached hydrogens (tertiary/aromatic N) is 5. The molecule has 7 nitrogen and oxygen atoms in total. The van der Waals surface area contributed by atoms with Gasteiger partial charge < -0.3 is 10.6 Å². The van der Waals surface area contributed by atoms with Crippen LogP contribution in [0.1, 0.15) is 36.1 Å². The van der Waals surface area contributed by atoms with Crippen LogP contribution in [-0.2, 0) is 6.54 Å². The van der Waals surface area contributed by atoms with E-state index in [0.29, 0.717) is 27.8 Å². The first-order valence-electron chi connectivity index (χ1n) is 12.8. The van der Waals surface area contributed by atoms with Crippen molar-refractivity contribution in [2.24, 2.45) is 10.1 Å². The molecule has 0 radical (unpaired) electrons. The second-order valence-corrected chi connectivity index (χ2v) is 10.1. The van der Waals surface area contributed by atoms with E-state index in [1.807, 2.05) is 50.5 Å². The van der Waals surface area contributed by atoms with Crippen LogP contribution < -0.4 is 10.6 Å². The molecule has 0 fully saturated rings. The molecule has 3 aromatic carbocycles. The Kier molecular flexibility index (Phi) is 7.03. The van der Waals surface area contributed by atoms with E-state index < -0.39 is 11.6 Å². The number of halogens is 3. The number of hydrogen-bond donors (Lipinski definition) is 2. The van der Waals surface area contributed by atoms with E-state index in [1.165, 1.54) is 18.2 Å². The highest BCUT2D eigenvalue weighted by atomic mass is 35.5. The summed E-state index contributed by atoms with van der Waals surface area (Å²) < 4.78 is 29.6. The van der Waals surface area contributed by atoms with Crippen LogP contribution in [-0.4, -0.2) is 26.9 Å². The Hall–Kier alpha value is -4.89. The number of benzene rings is 3. The summed E-state index contributed by atoms with van der Waals surface area (Å²) in [4.78, 5) is 13.8.